The van der Waals surface area contributed by atoms with E-state index in [1.807, 2.05) is 28.9 Å². The molecule has 9 heteroatoms. The van der Waals surface area contributed by atoms with Gasteiger partial charge < -0.3 is 9.32 Å². The molecular formula is C23H24Cl2N6O. The van der Waals surface area contributed by atoms with Gasteiger partial charge >= 0.3 is 0 Å². The lowest BCUT2D eigenvalue weighted by Crippen LogP contribution is -2.48. The van der Waals surface area contributed by atoms with Gasteiger partial charge in [-0.2, -0.15) is 0 Å². The van der Waals surface area contributed by atoms with Crippen molar-refractivity contribution >= 4 is 29.7 Å². The van der Waals surface area contributed by atoms with Crippen molar-refractivity contribution in [2.75, 3.05) is 31.1 Å². The van der Waals surface area contributed by atoms with Crippen LogP contribution in [0.2, 0.25) is 5.02 Å². The summed E-state index contributed by atoms with van der Waals surface area (Å²) in [5, 5.41) is 13.4. The third-order valence-electron chi connectivity index (χ3n) is 5.68. The van der Waals surface area contributed by atoms with Crippen molar-refractivity contribution in [3.63, 3.8) is 0 Å². The van der Waals surface area contributed by atoms with E-state index in [1.165, 1.54) is 5.69 Å². The van der Waals surface area contributed by atoms with E-state index in [0.29, 0.717) is 11.6 Å². The minimum Gasteiger partial charge on any atom is -0.467 e. The summed E-state index contributed by atoms with van der Waals surface area (Å²) in [6, 6.07) is 22.2. The zero-order valence-corrected chi connectivity index (χ0v) is 19.0. The minimum atomic E-state index is -0.0693. The lowest BCUT2D eigenvalue weighted by molar-refractivity contribution is 0.201. The van der Waals surface area contributed by atoms with Crippen LogP contribution in [-0.2, 0) is 6.54 Å². The highest BCUT2D eigenvalue weighted by Gasteiger charge is 2.31. The van der Waals surface area contributed by atoms with Crippen molar-refractivity contribution in [2.45, 2.75) is 12.6 Å². The fourth-order valence-corrected chi connectivity index (χ4v) is 4.24. The number of furan rings is 1. The summed E-state index contributed by atoms with van der Waals surface area (Å²) in [7, 11) is 0. The predicted octanol–water partition coefficient (Wildman–Crippen LogP) is 4.30. The molecule has 4 aromatic rings. The highest BCUT2D eigenvalue weighted by Crippen LogP contribution is 2.30. The van der Waals surface area contributed by atoms with Gasteiger partial charge in [-0.25, -0.2) is 4.68 Å². The van der Waals surface area contributed by atoms with Crippen LogP contribution >= 0.6 is 24.0 Å². The Morgan fingerprint density at radius 3 is 2.34 bits per heavy atom. The first-order chi connectivity index (χ1) is 15.3. The topological polar surface area (TPSA) is 63.2 Å². The Balaban J connectivity index is 0.00000245. The molecule has 7 nitrogen and oxygen atoms in total. The standard InChI is InChI=1S/C23H23ClN6O.ClH/c24-19-10-8-18(9-11-19)22(23-25-26-27-30(23)17-21-7-4-16-31-21)29-14-12-28(13-15-29)20-5-2-1-3-6-20;/h1-11,16,22H,12-15,17H2;1H. The zero-order chi connectivity index (χ0) is 21.0. The number of hydrogen-bond donors (Lipinski definition) is 0. The monoisotopic (exact) mass is 470 g/mol. The molecule has 1 fully saturated rings. The molecule has 2 aromatic carbocycles. The van der Waals surface area contributed by atoms with E-state index in [0.717, 1.165) is 43.3 Å². The summed E-state index contributed by atoms with van der Waals surface area (Å²) in [6.45, 7) is 4.16. The Kier molecular flexibility index (Phi) is 7.09. The van der Waals surface area contributed by atoms with Crippen molar-refractivity contribution in [3.8, 4) is 0 Å². The Morgan fingerprint density at radius 2 is 1.66 bits per heavy atom. The third kappa shape index (κ3) is 4.80. The first-order valence-corrected chi connectivity index (χ1v) is 10.7. The maximum Gasteiger partial charge on any atom is 0.173 e. The van der Waals surface area contributed by atoms with Crippen LogP contribution in [0.25, 0.3) is 0 Å². The molecule has 0 aliphatic carbocycles. The molecule has 32 heavy (non-hydrogen) atoms. The zero-order valence-electron chi connectivity index (χ0n) is 17.4. The number of benzene rings is 2. The molecule has 2 aromatic heterocycles. The van der Waals surface area contributed by atoms with Gasteiger partial charge in [0.1, 0.15) is 12.3 Å². The first kappa shape index (κ1) is 22.3. The Hall–Kier alpha value is -2.87. The Morgan fingerprint density at radius 1 is 0.906 bits per heavy atom. The first-order valence-electron chi connectivity index (χ1n) is 10.4. The molecule has 166 valence electrons. The normalized spacial score (nSPS) is 15.3. The average molecular weight is 471 g/mol. The van der Waals surface area contributed by atoms with Gasteiger partial charge in [0.05, 0.1) is 12.3 Å². The summed E-state index contributed by atoms with van der Waals surface area (Å²) in [4.78, 5) is 4.86. The smallest absolute Gasteiger partial charge is 0.173 e. The highest BCUT2D eigenvalue weighted by atomic mass is 35.5. The fourth-order valence-electron chi connectivity index (χ4n) is 4.12. The van der Waals surface area contributed by atoms with E-state index in [2.05, 4.69) is 67.8 Å². The second kappa shape index (κ2) is 10.2. The summed E-state index contributed by atoms with van der Waals surface area (Å²) in [5.41, 5.74) is 2.38. The molecule has 1 aliphatic heterocycles. The van der Waals surface area contributed by atoms with E-state index >= 15 is 0 Å². The van der Waals surface area contributed by atoms with Gasteiger partial charge in [-0.3, -0.25) is 4.90 Å². The number of piperazine rings is 1. The van der Waals surface area contributed by atoms with Crippen molar-refractivity contribution in [1.29, 1.82) is 0 Å². The molecule has 0 bridgehead atoms. The van der Waals surface area contributed by atoms with Gasteiger partial charge in [-0.15, -0.1) is 17.5 Å². The van der Waals surface area contributed by atoms with Gasteiger partial charge in [-0.05, 0) is 52.4 Å². The maximum absolute atomic E-state index is 6.16. The second-order valence-electron chi connectivity index (χ2n) is 7.59. The number of halogens is 2. The van der Waals surface area contributed by atoms with E-state index < -0.39 is 0 Å². The maximum atomic E-state index is 6.16. The number of aromatic nitrogens is 4. The molecule has 0 amide bonds. The molecule has 1 saturated heterocycles. The van der Waals surface area contributed by atoms with Crippen LogP contribution < -0.4 is 4.90 Å². The lowest BCUT2D eigenvalue weighted by Gasteiger charge is -2.39. The minimum absolute atomic E-state index is 0. The van der Waals surface area contributed by atoms with E-state index in [4.69, 9.17) is 16.0 Å². The van der Waals surface area contributed by atoms with Crippen molar-refractivity contribution in [3.05, 3.63) is 95.2 Å². The van der Waals surface area contributed by atoms with Crippen LogP contribution in [-0.4, -0.2) is 51.3 Å². The van der Waals surface area contributed by atoms with Crippen LogP contribution in [0.4, 0.5) is 5.69 Å². The van der Waals surface area contributed by atoms with Crippen LogP contribution in [0.5, 0.6) is 0 Å². The van der Waals surface area contributed by atoms with E-state index in [9.17, 15) is 0 Å². The number of tetrazole rings is 1. The molecule has 3 heterocycles. The fraction of sp³-hybridized carbons (Fsp3) is 0.261. The SMILES string of the molecule is Cl.Clc1ccc(C(c2nnnn2Cc2ccco2)N2CCN(c3ccccc3)CC2)cc1. The number of para-hydroxylation sites is 1. The molecule has 1 aliphatic rings. The van der Waals surface area contributed by atoms with Gasteiger partial charge in [0.15, 0.2) is 5.82 Å². The third-order valence-corrected chi connectivity index (χ3v) is 5.93. The molecular weight excluding hydrogens is 447 g/mol. The van der Waals surface area contributed by atoms with Crippen LogP contribution in [0.3, 0.4) is 0 Å². The lowest BCUT2D eigenvalue weighted by atomic mass is 10.0. The van der Waals surface area contributed by atoms with Crippen LogP contribution in [0.1, 0.15) is 23.2 Å². The molecule has 0 saturated carbocycles. The molecule has 1 unspecified atom stereocenters. The average Bonchev–Trinajstić information content (AvgIpc) is 3.49. The van der Waals surface area contributed by atoms with Gasteiger partial charge in [0.25, 0.3) is 0 Å². The molecule has 0 radical (unpaired) electrons. The molecule has 5 rings (SSSR count). The quantitative estimate of drug-likeness (QED) is 0.418. The highest BCUT2D eigenvalue weighted by molar-refractivity contribution is 6.30. The second-order valence-corrected chi connectivity index (χ2v) is 8.02. The van der Waals surface area contributed by atoms with Crippen LogP contribution in [0.15, 0.2) is 77.4 Å². The Labute approximate surface area is 198 Å². The van der Waals surface area contributed by atoms with Gasteiger partial charge in [0, 0.05) is 36.9 Å². The largest absolute Gasteiger partial charge is 0.467 e. The van der Waals surface area contributed by atoms with E-state index in [1.54, 1.807) is 6.26 Å². The molecule has 0 N–H and O–H groups in total. The number of nitrogens with zero attached hydrogens (tertiary/aromatic N) is 6. The molecule has 1 atom stereocenters. The van der Waals surface area contributed by atoms with E-state index in [-0.39, 0.29) is 18.4 Å². The predicted molar refractivity (Wildman–Crippen MR) is 126 cm³/mol. The Bertz CT molecular complexity index is 1090. The van der Waals surface area contributed by atoms with Gasteiger partial charge in [-0.1, -0.05) is 41.9 Å². The summed E-state index contributed by atoms with van der Waals surface area (Å²) in [5.74, 6) is 1.61. The summed E-state index contributed by atoms with van der Waals surface area (Å²) >= 11 is 6.16. The number of anilines is 1. The number of rotatable bonds is 6. The summed E-state index contributed by atoms with van der Waals surface area (Å²) < 4.78 is 7.34. The van der Waals surface area contributed by atoms with Crippen molar-refractivity contribution in [1.82, 2.24) is 25.1 Å². The summed E-state index contributed by atoms with van der Waals surface area (Å²) in [6.07, 6.45) is 1.67. The van der Waals surface area contributed by atoms with Crippen molar-refractivity contribution in [2.24, 2.45) is 0 Å². The number of hydrogen-bond acceptors (Lipinski definition) is 6. The van der Waals surface area contributed by atoms with Crippen molar-refractivity contribution < 1.29 is 4.42 Å². The van der Waals surface area contributed by atoms with Crippen LogP contribution in [0, 0.1) is 0 Å². The molecule has 0 spiro atoms. The van der Waals surface area contributed by atoms with Gasteiger partial charge in [0.2, 0.25) is 0 Å².